The Labute approximate surface area is 126 Å². The first-order chi connectivity index (χ1) is 10.1. The predicted octanol–water partition coefficient (Wildman–Crippen LogP) is 4.60. The van der Waals surface area contributed by atoms with Gasteiger partial charge in [-0.15, -0.1) is 0 Å². The average Bonchev–Trinajstić information content (AvgIpc) is 2.50. The molecule has 1 N–H and O–H groups in total. The Bertz CT molecular complexity index is 791. The van der Waals surface area contributed by atoms with Gasteiger partial charge in [0.25, 0.3) is 0 Å². The van der Waals surface area contributed by atoms with Gasteiger partial charge in [-0.25, -0.2) is 4.39 Å². The molecule has 1 unspecified atom stereocenters. The molecule has 2 aromatic carbocycles. The molecule has 0 radical (unpaired) electrons. The van der Waals surface area contributed by atoms with Gasteiger partial charge in [0.2, 0.25) is 0 Å². The highest BCUT2D eigenvalue weighted by atomic mass is 35.5. The maximum atomic E-state index is 13.5. The molecule has 0 spiro atoms. The SMILES string of the molecule is CC(Nc1ccc2nccnc2c1)c1ccc(Cl)c(F)c1. The highest BCUT2D eigenvalue weighted by Crippen LogP contribution is 2.24. The molecule has 1 aromatic heterocycles. The highest BCUT2D eigenvalue weighted by molar-refractivity contribution is 6.30. The summed E-state index contributed by atoms with van der Waals surface area (Å²) in [5.41, 5.74) is 3.40. The lowest BCUT2D eigenvalue weighted by Gasteiger charge is -2.16. The van der Waals surface area contributed by atoms with Crippen LogP contribution in [0.25, 0.3) is 11.0 Å². The molecular weight excluding hydrogens is 289 g/mol. The van der Waals surface area contributed by atoms with E-state index in [0.717, 1.165) is 22.3 Å². The Morgan fingerprint density at radius 2 is 1.81 bits per heavy atom. The molecule has 5 heteroatoms. The van der Waals surface area contributed by atoms with Crippen LogP contribution >= 0.6 is 11.6 Å². The molecule has 21 heavy (non-hydrogen) atoms. The fourth-order valence-electron chi connectivity index (χ4n) is 2.17. The minimum atomic E-state index is -0.410. The number of rotatable bonds is 3. The maximum absolute atomic E-state index is 13.5. The van der Waals surface area contributed by atoms with Crippen molar-refractivity contribution >= 4 is 28.3 Å². The summed E-state index contributed by atoms with van der Waals surface area (Å²) in [4.78, 5) is 8.49. The monoisotopic (exact) mass is 301 g/mol. The summed E-state index contributed by atoms with van der Waals surface area (Å²) in [5.74, 6) is -0.410. The highest BCUT2D eigenvalue weighted by Gasteiger charge is 2.09. The Kier molecular flexibility index (Phi) is 3.71. The molecule has 0 saturated heterocycles. The van der Waals surface area contributed by atoms with E-state index in [1.54, 1.807) is 18.5 Å². The molecular formula is C16H13ClFN3. The van der Waals surface area contributed by atoms with Gasteiger partial charge in [-0.1, -0.05) is 17.7 Å². The van der Waals surface area contributed by atoms with Gasteiger partial charge in [0.1, 0.15) is 5.82 Å². The van der Waals surface area contributed by atoms with E-state index in [1.807, 2.05) is 31.2 Å². The standard InChI is InChI=1S/C16H13ClFN3/c1-10(11-2-4-13(17)14(18)8-11)21-12-3-5-15-16(9-12)20-7-6-19-15/h2-10,21H,1H3. The largest absolute Gasteiger partial charge is 0.378 e. The summed E-state index contributed by atoms with van der Waals surface area (Å²) < 4.78 is 13.5. The van der Waals surface area contributed by atoms with E-state index < -0.39 is 5.82 Å². The molecule has 3 rings (SSSR count). The number of aromatic nitrogens is 2. The summed E-state index contributed by atoms with van der Waals surface area (Å²) in [6.45, 7) is 1.96. The van der Waals surface area contributed by atoms with Gasteiger partial charge in [0.05, 0.1) is 16.1 Å². The molecule has 1 heterocycles. The third kappa shape index (κ3) is 2.95. The maximum Gasteiger partial charge on any atom is 0.142 e. The van der Waals surface area contributed by atoms with Gasteiger partial charge in [-0.05, 0) is 42.8 Å². The Morgan fingerprint density at radius 1 is 1.05 bits per heavy atom. The van der Waals surface area contributed by atoms with Crippen molar-refractivity contribution in [2.24, 2.45) is 0 Å². The molecule has 106 valence electrons. The number of nitrogens with one attached hydrogen (secondary N) is 1. The van der Waals surface area contributed by atoms with E-state index >= 15 is 0 Å². The van der Waals surface area contributed by atoms with Crippen molar-refractivity contribution in [2.75, 3.05) is 5.32 Å². The summed E-state index contributed by atoms with van der Waals surface area (Å²) in [6, 6.07) is 10.5. The Balaban J connectivity index is 1.85. The van der Waals surface area contributed by atoms with Crippen LogP contribution in [0.1, 0.15) is 18.5 Å². The third-order valence-electron chi connectivity index (χ3n) is 3.30. The van der Waals surface area contributed by atoms with Crippen LogP contribution in [0.4, 0.5) is 10.1 Å². The fraction of sp³-hybridized carbons (Fsp3) is 0.125. The lowest BCUT2D eigenvalue weighted by Crippen LogP contribution is -2.07. The second-order valence-corrected chi connectivity index (χ2v) is 5.21. The van der Waals surface area contributed by atoms with Crippen molar-refractivity contribution < 1.29 is 4.39 Å². The van der Waals surface area contributed by atoms with Crippen LogP contribution in [0.3, 0.4) is 0 Å². The molecule has 0 amide bonds. The van der Waals surface area contributed by atoms with Crippen LogP contribution in [0, 0.1) is 5.82 Å². The third-order valence-corrected chi connectivity index (χ3v) is 3.60. The number of benzene rings is 2. The van der Waals surface area contributed by atoms with Crippen molar-refractivity contribution in [3.05, 3.63) is 65.2 Å². The molecule has 0 aliphatic heterocycles. The van der Waals surface area contributed by atoms with E-state index in [4.69, 9.17) is 11.6 Å². The molecule has 0 fully saturated rings. The molecule has 0 saturated carbocycles. The zero-order chi connectivity index (χ0) is 14.8. The van der Waals surface area contributed by atoms with Gasteiger partial charge in [-0.2, -0.15) is 0 Å². The first-order valence-electron chi connectivity index (χ1n) is 6.56. The van der Waals surface area contributed by atoms with Gasteiger partial charge in [0, 0.05) is 24.1 Å². The quantitative estimate of drug-likeness (QED) is 0.768. The first kappa shape index (κ1) is 13.8. The summed E-state index contributed by atoms with van der Waals surface area (Å²) >= 11 is 5.70. The molecule has 1 atom stereocenters. The van der Waals surface area contributed by atoms with Crippen LogP contribution in [-0.2, 0) is 0 Å². The van der Waals surface area contributed by atoms with E-state index in [2.05, 4.69) is 15.3 Å². The fourth-order valence-corrected chi connectivity index (χ4v) is 2.29. The summed E-state index contributed by atoms with van der Waals surface area (Å²) in [7, 11) is 0. The number of hydrogen-bond donors (Lipinski definition) is 1. The number of halogens is 2. The van der Waals surface area contributed by atoms with Crippen LogP contribution in [-0.4, -0.2) is 9.97 Å². The van der Waals surface area contributed by atoms with E-state index in [0.29, 0.717) is 0 Å². The zero-order valence-corrected chi connectivity index (χ0v) is 12.1. The average molecular weight is 302 g/mol. The van der Waals surface area contributed by atoms with Crippen molar-refractivity contribution in [1.82, 2.24) is 9.97 Å². The van der Waals surface area contributed by atoms with Gasteiger partial charge in [-0.3, -0.25) is 9.97 Å². The van der Waals surface area contributed by atoms with Crippen LogP contribution in [0.5, 0.6) is 0 Å². The second-order valence-electron chi connectivity index (χ2n) is 4.80. The van der Waals surface area contributed by atoms with Crippen LogP contribution < -0.4 is 5.32 Å². The summed E-state index contributed by atoms with van der Waals surface area (Å²) in [5, 5.41) is 3.45. The van der Waals surface area contributed by atoms with Crippen molar-refractivity contribution in [3.63, 3.8) is 0 Å². The normalized spacial score (nSPS) is 12.3. The van der Waals surface area contributed by atoms with Crippen LogP contribution in [0.2, 0.25) is 5.02 Å². The van der Waals surface area contributed by atoms with Crippen molar-refractivity contribution in [2.45, 2.75) is 13.0 Å². The number of anilines is 1. The summed E-state index contributed by atoms with van der Waals surface area (Å²) in [6.07, 6.45) is 3.32. The lowest BCUT2D eigenvalue weighted by molar-refractivity contribution is 0.624. The van der Waals surface area contributed by atoms with E-state index in [9.17, 15) is 4.39 Å². The first-order valence-corrected chi connectivity index (χ1v) is 6.93. The molecule has 3 nitrogen and oxygen atoms in total. The molecule has 3 aromatic rings. The molecule has 0 bridgehead atoms. The number of fused-ring (bicyclic) bond motifs is 1. The predicted molar refractivity (Wildman–Crippen MR) is 83.0 cm³/mol. The molecule has 0 aliphatic carbocycles. The van der Waals surface area contributed by atoms with Crippen molar-refractivity contribution in [3.8, 4) is 0 Å². The van der Waals surface area contributed by atoms with E-state index in [-0.39, 0.29) is 11.1 Å². The minimum Gasteiger partial charge on any atom is -0.378 e. The Hall–Kier alpha value is -2.20. The van der Waals surface area contributed by atoms with Gasteiger partial charge in [0.15, 0.2) is 0 Å². The van der Waals surface area contributed by atoms with E-state index in [1.165, 1.54) is 6.07 Å². The van der Waals surface area contributed by atoms with Gasteiger partial charge < -0.3 is 5.32 Å². The number of nitrogens with zero attached hydrogens (tertiary/aromatic N) is 2. The smallest absolute Gasteiger partial charge is 0.142 e. The topological polar surface area (TPSA) is 37.8 Å². The van der Waals surface area contributed by atoms with Crippen molar-refractivity contribution in [1.29, 1.82) is 0 Å². The molecule has 0 aliphatic rings. The minimum absolute atomic E-state index is 0.0501. The number of hydrogen-bond acceptors (Lipinski definition) is 3. The van der Waals surface area contributed by atoms with Gasteiger partial charge >= 0.3 is 0 Å². The second kappa shape index (κ2) is 5.66. The van der Waals surface area contributed by atoms with Crippen LogP contribution in [0.15, 0.2) is 48.8 Å². The zero-order valence-electron chi connectivity index (χ0n) is 11.3. The lowest BCUT2D eigenvalue weighted by atomic mass is 10.1. The Morgan fingerprint density at radius 3 is 2.57 bits per heavy atom.